The molecule has 3 nitrogen and oxygen atoms in total. The second kappa shape index (κ2) is 4.73. The van der Waals surface area contributed by atoms with E-state index in [-0.39, 0.29) is 5.48 Å². The summed E-state index contributed by atoms with van der Waals surface area (Å²) in [6, 6.07) is 0. The zero-order valence-corrected chi connectivity index (χ0v) is 6.89. The first-order valence-corrected chi connectivity index (χ1v) is 6.06. The highest BCUT2D eigenvalue weighted by atomic mass is 32.9. The summed E-state index contributed by atoms with van der Waals surface area (Å²) in [4.78, 5) is 16.9. The van der Waals surface area contributed by atoms with E-state index < -0.39 is 5.69 Å². The summed E-state index contributed by atoms with van der Waals surface area (Å²) in [5.41, 5.74) is -2.92. The van der Waals surface area contributed by atoms with Crippen LogP contribution in [0.25, 0.3) is 0 Å². The molecule has 8 heavy (non-hydrogen) atoms. The van der Waals surface area contributed by atoms with Crippen LogP contribution in [0.3, 0.4) is 0 Å². The summed E-state index contributed by atoms with van der Waals surface area (Å²) in [5.74, 6) is 0.671. The molecule has 0 atom stereocenters. The first-order chi connectivity index (χ1) is 3.06. The van der Waals surface area contributed by atoms with Crippen molar-refractivity contribution in [3.63, 3.8) is 0 Å². The topological polar surface area (TPSA) is 72.0 Å². The fourth-order valence-corrected chi connectivity index (χ4v) is 2.46. The monoisotopic (exact) mass is 176 g/mol. The molecule has 0 aromatic heterocycles. The standard InChI is InChI=1S/C2H7O2PS2.H2O/c1-2-7-5(3,4)6;/h2H2,1H3,(H2,3,4,6);1H2. The molecule has 6 heteroatoms. The van der Waals surface area contributed by atoms with Gasteiger partial charge in [-0.25, -0.2) is 0 Å². The summed E-state index contributed by atoms with van der Waals surface area (Å²) in [5, 5.41) is 0. The second-order valence-corrected chi connectivity index (χ2v) is 7.25. The van der Waals surface area contributed by atoms with Crippen molar-refractivity contribution in [3.8, 4) is 0 Å². The fourth-order valence-electron chi connectivity index (χ4n) is 0.168. The molecule has 0 unspecified atom stereocenters. The summed E-state index contributed by atoms with van der Waals surface area (Å²) in [6.45, 7) is 1.83. The van der Waals surface area contributed by atoms with E-state index in [1.165, 1.54) is 0 Å². The third-order valence-corrected chi connectivity index (χ3v) is 3.62. The predicted octanol–water partition coefficient (Wildman–Crippen LogP) is 0.124. The first kappa shape index (κ1) is 11.6. The molecule has 0 bridgehead atoms. The van der Waals surface area contributed by atoms with Crippen LogP contribution >= 0.6 is 17.1 Å². The van der Waals surface area contributed by atoms with Crippen molar-refractivity contribution in [2.24, 2.45) is 0 Å². The Labute approximate surface area is 57.3 Å². The van der Waals surface area contributed by atoms with Gasteiger partial charge in [-0.15, -0.1) is 0 Å². The van der Waals surface area contributed by atoms with Crippen LogP contribution in [0.15, 0.2) is 0 Å². The molecule has 0 rings (SSSR count). The summed E-state index contributed by atoms with van der Waals surface area (Å²) >= 11 is 5.29. The molecule has 0 aromatic rings. The molecule has 0 aromatic carbocycles. The van der Waals surface area contributed by atoms with Crippen LogP contribution in [0.1, 0.15) is 6.92 Å². The van der Waals surface area contributed by atoms with Crippen molar-refractivity contribution >= 4 is 28.9 Å². The molecule has 0 fully saturated rings. The molecule has 0 heterocycles. The van der Waals surface area contributed by atoms with E-state index in [0.29, 0.717) is 5.75 Å². The molecule has 0 saturated heterocycles. The number of hydrogen-bond donors (Lipinski definition) is 2. The van der Waals surface area contributed by atoms with E-state index in [0.717, 1.165) is 11.4 Å². The van der Waals surface area contributed by atoms with Crippen LogP contribution in [-0.2, 0) is 11.8 Å². The van der Waals surface area contributed by atoms with Crippen LogP contribution in [-0.4, -0.2) is 21.0 Å². The lowest BCUT2D eigenvalue weighted by Gasteiger charge is -2.00. The molecule has 0 amide bonds. The minimum absolute atomic E-state index is 0. The first-order valence-electron chi connectivity index (χ1n) is 1.76. The molecule has 0 aliphatic carbocycles. The largest absolute Gasteiger partial charge is 0.412 e. The van der Waals surface area contributed by atoms with Crippen molar-refractivity contribution in [3.05, 3.63) is 0 Å². The van der Waals surface area contributed by atoms with E-state index in [4.69, 9.17) is 9.79 Å². The lowest BCUT2D eigenvalue weighted by molar-refractivity contribution is 0.502. The van der Waals surface area contributed by atoms with Gasteiger partial charge in [-0.3, -0.25) is 0 Å². The van der Waals surface area contributed by atoms with Crippen LogP contribution < -0.4 is 0 Å². The van der Waals surface area contributed by atoms with Gasteiger partial charge in [-0.05, 0) is 17.6 Å². The highest BCUT2D eigenvalue weighted by Gasteiger charge is 2.03. The van der Waals surface area contributed by atoms with Gasteiger partial charge in [-0.2, -0.15) is 0 Å². The van der Waals surface area contributed by atoms with E-state index in [9.17, 15) is 0 Å². The molecule has 0 saturated carbocycles. The molecule has 0 aliphatic heterocycles. The average molecular weight is 176 g/mol. The number of hydrogen-bond acceptors (Lipinski definition) is 2. The van der Waals surface area contributed by atoms with Gasteiger partial charge in [0, 0.05) is 0 Å². The fraction of sp³-hybridized carbons (Fsp3) is 1.00. The molecular formula is C2H9O3PS2. The maximum absolute atomic E-state index is 8.46. The Balaban J connectivity index is 0. The quantitative estimate of drug-likeness (QED) is 0.586. The third-order valence-electron chi connectivity index (χ3n) is 0.297. The highest BCUT2D eigenvalue weighted by Crippen LogP contribution is 2.49. The van der Waals surface area contributed by atoms with Crippen molar-refractivity contribution in [1.29, 1.82) is 0 Å². The Hall–Kier alpha value is 0.880. The van der Waals surface area contributed by atoms with Crippen molar-refractivity contribution in [2.45, 2.75) is 6.92 Å². The van der Waals surface area contributed by atoms with Gasteiger partial charge in [0.2, 0.25) is 5.69 Å². The van der Waals surface area contributed by atoms with Crippen LogP contribution in [0.2, 0.25) is 0 Å². The zero-order chi connectivity index (χ0) is 5.91. The third kappa shape index (κ3) is 9.99. The highest BCUT2D eigenvalue weighted by molar-refractivity contribution is 8.67. The van der Waals surface area contributed by atoms with Gasteiger partial charge in [-0.1, -0.05) is 18.3 Å². The predicted molar refractivity (Wildman–Crippen MR) is 40.5 cm³/mol. The van der Waals surface area contributed by atoms with E-state index in [1.54, 1.807) is 0 Å². The minimum atomic E-state index is -2.92. The van der Waals surface area contributed by atoms with E-state index in [1.807, 2.05) is 6.92 Å². The number of rotatable bonds is 2. The average Bonchev–Trinajstić information content (AvgIpc) is 1.30. The van der Waals surface area contributed by atoms with E-state index >= 15 is 0 Å². The maximum atomic E-state index is 8.46. The van der Waals surface area contributed by atoms with Gasteiger partial charge < -0.3 is 15.3 Å². The molecule has 0 spiro atoms. The van der Waals surface area contributed by atoms with Crippen molar-refractivity contribution < 1.29 is 15.3 Å². The van der Waals surface area contributed by atoms with Gasteiger partial charge in [0.05, 0.1) is 0 Å². The molecule has 0 aliphatic rings. The summed E-state index contributed by atoms with van der Waals surface area (Å²) in [6.07, 6.45) is 0. The molecule has 0 radical (unpaired) electrons. The van der Waals surface area contributed by atoms with Gasteiger partial charge in [0.15, 0.2) is 0 Å². The van der Waals surface area contributed by atoms with Crippen LogP contribution in [0.5, 0.6) is 0 Å². The lowest BCUT2D eigenvalue weighted by atomic mass is 11.0. The van der Waals surface area contributed by atoms with Gasteiger partial charge in [0.25, 0.3) is 0 Å². The molecule has 4 N–H and O–H groups in total. The van der Waals surface area contributed by atoms with Crippen LogP contribution in [0, 0.1) is 0 Å². The van der Waals surface area contributed by atoms with Gasteiger partial charge >= 0.3 is 0 Å². The summed E-state index contributed by atoms with van der Waals surface area (Å²) in [7, 11) is 0. The van der Waals surface area contributed by atoms with Crippen LogP contribution in [0.4, 0.5) is 0 Å². The SMILES string of the molecule is CCSP(O)(O)=S.O. The zero-order valence-electron chi connectivity index (χ0n) is 4.37. The molecule has 52 valence electrons. The smallest absolute Gasteiger partial charge is 0.242 e. The van der Waals surface area contributed by atoms with Crippen molar-refractivity contribution in [1.82, 2.24) is 0 Å². The summed E-state index contributed by atoms with van der Waals surface area (Å²) < 4.78 is 0. The molecular weight excluding hydrogens is 167 g/mol. The van der Waals surface area contributed by atoms with E-state index in [2.05, 4.69) is 11.8 Å². The van der Waals surface area contributed by atoms with Gasteiger partial charge in [0.1, 0.15) is 0 Å². The maximum Gasteiger partial charge on any atom is 0.242 e. The Morgan fingerprint density at radius 2 is 2.00 bits per heavy atom. The lowest BCUT2D eigenvalue weighted by Crippen LogP contribution is -1.68. The Morgan fingerprint density at radius 3 is 2.00 bits per heavy atom. The van der Waals surface area contributed by atoms with Crippen molar-refractivity contribution in [2.75, 3.05) is 5.75 Å². The normalized spacial score (nSPS) is 10.4. The Morgan fingerprint density at radius 1 is 1.62 bits per heavy atom. The minimum Gasteiger partial charge on any atom is -0.412 e. The Kier molecular flexibility index (Phi) is 6.89. The Bertz CT molecular complexity index is 89.3. The second-order valence-electron chi connectivity index (χ2n) is 0.908.